The number of ether oxygens (including phenoxy) is 2. The molecule has 0 aromatic heterocycles. The number of fused-ring (bicyclic) bond motifs is 2. The number of nitrogens with zero attached hydrogens (tertiary/aromatic N) is 2. The van der Waals surface area contributed by atoms with Crippen molar-refractivity contribution in [2.45, 2.75) is 12.1 Å². The molecule has 4 rings (SSSR count). The molecule has 0 unspecified atom stereocenters. The standard InChI is InChI=1S/C25H24Cl4N2O5/c1-30-11-24(22(33)35-3)19(13-5-7-15(26)17(28)9-13)31(2)20(14-6-8-16(27)18(29)10-14)25(12-30,21(24)32)23(34)36-4/h5-10,19-20H,11-12H2,1-4H3/t19-,20+,24-,25+. The van der Waals surface area contributed by atoms with Crippen LogP contribution in [0.1, 0.15) is 23.2 Å². The van der Waals surface area contributed by atoms with E-state index in [2.05, 4.69) is 0 Å². The van der Waals surface area contributed by atoms with Gasteiger partial charge in [0.2, 0.25) is 0 Å². The van der Waals surface area contributed by atoms with E-state index in [1.807, 2.05) is 4.90 Å². The Hall–Kier alpha value is -1.87. The summed E-state index contributed by atoms with van der Waals surface area (Å²) in [6, 6.07) is 8.12. The Bertz CT molecular complexity index is 1170. The van der Waals surface area contributed by atoms with E-state index >= 15 is 0 Å². The molecule has 2 saturated heterocycles. The van der Waals surface area contributed by atoms with E-state index in [4.69, 9.17) is 55.9 Å². The summed E-state index contributed by atoms with van der Waals surface area (Å²) < 4.78 is 10.4. The summed E-state index contributed by atoms with van der Waals surface area (Å²) >= 11 is 25.1. The molecule has 2 aromatic rings. The third-order valence-corrected chi connectivity index (χ3v) is 8.69. The topological polar surface area (TPSA) is 76.1 Å². The van der Waals surface area contributed by atoms with Gasteiger partial charge in [-0.25, -0.2) is 0 Å². The van der Waals surface area contributed by atoms with Crippen LogP contribution in [0.4, 0.5) is 0 Å². The van der Waals surface area contributed by atoms with E-state index in [1.165, 1.54) is 14.2 Å². The second-order valence-electron chi connectivity index (χ2n) is 9.24. The van der Waals surface area contributed by atoms with Gasteiger partial charge in [-0.05, 0) is 49.5 Å². The molecule has 11 heteroatoms. The number of esters is 2. The van der Waals surface area contributed by atoms with Crippen LogP contribution in [0.15, 0.2) is 36.4 Å². The van der Waals surface area contributed by atoms with Crippen LogP contribution < -0.4 is 0 Å². The lowest BCUT2D eigenvalue weighted by Gasteiger charge is -2.60. The molecular weight excluding hydrogens is 550 g/mol. The van der Waals surface area contributed by atoms with Gasteiger partial charge in [-0.2, -0.15) is 0 Å². The summed E-state index contributed by atoms with van der Waals surface area (Å²) in [5.41, 5.74) is -2.42. The fraction of sp³-hybridized carbons (Fsp3) is 0.400. The van der Waals surface area contributed by atoms with Crippen molar-refractivity contribution in [3.8, 4) is 0 Å². The molecule has 0 saturated carbocycles. The number of rotatable bonds is 4. The van der Waals surface area contributed by atoms with Gasteiger partial charge in [-0.1, -0.05) is 58.5 Å². The summed E-state index contributed by atoms with van der Waals surface area (Å²) in [7, 11) is 5.92. The molecule has 7 nitrogen and oxygen atoms in total. The van der Waals surface area contributed by atoms with Crippen molar-refractivity contribution in [3.05, 3.63) is 67.6 Å². The zero-order valence-corrected chi connectivity index (χ0v) is 23.0. The number of carbonyl (C=O) groups is 3. The van der Waals surface area contributed by atoms with Gasteiger partial charge in [0.1, 0.15) is 0 Å². The molecule has 0 amide bonds. The van der Waals surface area contributed by atoms with Crippen LogP contribution in [0, 0.1) is 10.8 Å². The molecule has 0 N–H and O–H groups in total. The predicted molar refractivity (Wildman–Crippen MR) is 138 cm³/mol. The lowest BCUT2D eigenvalue weighted by Crippen LogP contribution is -2.75. The quantitative estimate of drug-likeness (QED) is 0.382. The van der Waals surface area contributed by atoms with Crippen molar-refractivity contribution in [2.75, 3.05) is 41.4 Å². The lowest BCUT2D eigenvalue weighted by atomic mass is 9.54. The number of hydrogen-bond acceptors (Lipinski definition) is 7. The van der Waals surface area contributed by atoms with Crippen molar-refractivity contribution < 1.29 is 23.9 Å². The van der Waals surface area contributed by atoms with E-state index in [1.54, 1.807) is 55.4 Å². The number of benzene rings is 2. The highest BCUT2D eigenvalue weighted by Gasteiger charge is 2.74. The molecule has 4 atom stereocenters. The average molecular weight is 574 g/mol. The highest BCUT2D eigenvalue weighted by Crippen LogP contribution is 2.60. The second-order valence-corrected chi connectivity index (χ2v) is 10.9. The summed E-state index contributed by atoms with van der Waals surface area (Å²) in [4.78, 5) is 45.4. The molecular formula is C25H24Cl4N2O5. The van der Waals surface area contributed by atoms with E-state index in [0.717, 1.165) is 0 Å². The first-order valence-electron chi connectivity index (χ1n) is 11.0. The molecule has 0 spiro atoms. The molecule has 2 bridgehead atoms. The minimum Gasteiger partial charge on any atom is -0.468 e. The minimum atomic E-state index is -1.77. The van der Waals surface area contributed by atoms with Crippen molar-refractivity contribution in [1.82, 2.24) is 9.80 Å². The Labute approximate surface area is 229 Å². The van der Waals surface area contributed by atoms with Crippen molar-refractivity contribution in [2.24, 2.45) is 10.8 Å². The normalized spacial score (nSPS) is 28.6. The van der Waals surface area contributed by atoms with Crippen molar-refractivity contribution >= 4 is 64.1 Å². The lowest BCUT2D eigenvalue weighted by molar-refractivity contribution is -0.202. The monoisotopic (exact) mass is 572 g/mol. The number of halogens is 4. The molecule has 2 aliphatic rings. The Morgan fingerprint density at radius 1 is 0.778 bits per heavy atom. The Balaban J connectivity index is 2.09. The summed E-state index contributed by atoms with van der Waals surface area (Å²) in [5.74, 6) is -2.11. The van der Waals surface area contributed by atoms with Gasteiger partial charge >= 0.3 is 11.9 Å². The molecule has 36 heavy (non-hydrogen) atoms. The van der Waals surface area contributed by atoms with Crippen LogP contribution >= 0.6 is 46.4 Å². The number of methoxy groups -OCH3 is 2. The molecule has 2 aliphatic heterocycles. The summed E-state index contributed by atoms with van der Waals surface area (Å²) in [6.45, 7) is 0.0290. The largest absolute Gasteiger partial charge is 0.468 e. The van der Waals surface area contributed by atoms with Crippen LogP contribution in [0.25, 0.3) is 0 Å². The Kier molecular flexibility index (Phi) is 7.38. The first-order valence-corrected chi connectivity index (χ1v) is 12.5. The SMILES string of the molecule is COC(=O)[C@]12CN(C)C[C@](C(=O)OC)(C1=O)[C@@H](c1ccc(Cl)c(Cl)c1)N(C)[C@H]2c1ccc(Cl)c(Cl)c1. The van der Waals surface area contributed by atoms with Crippen LogP contribution in [0.3, 0.4) is 0 Å². The maximum absolute atomic E-state index is 14.6. The number of hydrogen-bond donors (Lipinski definition) is 0. The van der Waals surface area contributed by atoms with Gasteiger partial charge in [-0.15, -0.1) is 0 Å². The minimum absolute atomic E-state index is 0.0145. The highest BCUT2D eigenvalue weighted by atomic mass is 35.5. The Morgan fingerprint density at radius 2 is 1.17 bits per heavy atom. The van der Waals surface area contributed by atoms with Gasteiger partial charge in [-0.3, -0.25) is 19.3 Å². The van der Waals surface area contributed by atoms with E-state index in [-0.39, 0.29) is 23.1 Å². The maximum Gasteiger partial charge on any atom is 0.322 e. The van der Waals surface area contributed by atoms with Crippen LogP contribution in [0.2, 0.25) is 20.1 Å². The molecule has 2 fully saturated rings. The van der Waals surface area contributed by atoms with Gasteiger partial charge in [0.15, 0.2) is 16.6 Å². The number of Topliss-reactive ketones (excluding diaryl/α,β-unsaturated/α-hetero) is 1. The zero-order valence-electron chi connectivity index (χ0n) is 20.0. The highest BCUT2D eigenvalue weighted by molar-refractivity contribution is 6.42. The molecule has 192 valence electrons. The van der Waals surface area contributed by atoms with Crippen molar-refractivity contribution in [1.29, 1.82) is 0 Å². The fourth-order valence-electron chi connectivity index (χ4n) is 6.02. The van der Waals surface area contributed by atoms with Crippen LogP contribution in [-0.4, -0.2) is 68.9 Å². The summed E-state index contributed by atoms with van der Waals surface area (Å²) in [6.07, 6.45) is 0. The van der Waals surface area contributed by atoms with Gasteiger partial charge in [0, 0.05) is 13.1 Å². The molecule has 0 radical (unpaired) electrons. The predicted octanol–water partition coefficient (Wildman–Crippen LogP) is 4.86. The van der Waals surface area contributed by atoms with Gasteiger partial charge < -0.3 is 14.4 Å². The smallest absolute Gasteiger partial charge is 0.322 e. The zero-order chi connectivity index (χ0) is 26.6. The van der Waals surface area contributed by atoms with E-state index in [9.17, 15) is 14.4 Å². The molecule has 2 aromatic carbocycles. The van der Waals surface area contributed by atoms with E-state index in [0.29, 0.717) is 21.2 Å². The van der Waals surface area contributed by atoms with Crippen LogP contribution in [0.5, 0.6) is 0 Å². The fourth-order valence-corrected chi connectivity index (χ4v) is 6.63. The molecule has 2 heterocycles. The maximum atomic E-state index is 14.6. The number of piperidine rings is 2. The first-order chi connectivity index (χ1) is 16.9. The second kappa shape index (κ2) is 9.78. The number of ketones is 1. The summed E-state index contributed by atoms with van der Waals surface area (Å²) in [5, 5.41) is 1.16. The number of likely N-dealkylation sites (tertiary alicyclic amines) is 2. The van der Waals surface area contributed by atoms with E-state index < -0.39 is 40.6 Å². The van der Waals surface area contributed by atoms with Crippen molar-refractivity contribution in [3.63, 3.8) is 0 Å². The number of carbonyl (C=O) groups excluding carboxylic acids is 3. The van der Waals surface area contributed by atoms with Gasteiger partial charge in [0.25, 0.3) is 0 Å². The third kappa shape index (κ3) is 3.83. The van der Waals surface area contributed by atoms with Gasteiger partial charge in [0.05, 0.1) is 46.4 Å². The Morgan fingerprint density at radius 3 is 1.50 bits per heavy atom. The molecule has 0 aliphatic carbocycles. The first kappa shape index (κ1) is 27.2. The van der Waals surface area contributed by atoms with Crippen LogP contribution in [-0.2, 0) is 23.9 Å². The average Bonchev–Trinajstić information content (AvgIpc) is 2.84. The third-order valence-electron chi connectivity index (χ3n) is 7.22.